The summed E-state index contributed by atoms with van der Waals surface area (Å²) in [5, 5.41) is 3.06. The van der Waals surface area contributed by atoms with Crippen molar-refractivity contribution in [3.05, 3.63) is 24.5 Å². The summed E-state index contributed by atoms with van der Waals surface area (Å²) in [4.78, 5) is 8.36. The highest BCUT2D eigenvalue weighted by molar-refractivity contribution is 5.38. The summed E-state index contributed by atoms with van der Waals surface area (Å²) < 4.78 is 10.0. The third kappa shape index (κ3) is 3.55. The summed E-state index contributed by atoms with van der Waals surface area (Å²) in [5.74, 6) is 1.81. The van der Waals surface area contributed by atoms with Gasteiger partial charge < -0.3 is 14.8 Å². The van der Waals surface area contributed by atoms with Gasteiger partial charge in [-0.3, -0.25) is 0 Å². The third-order valence-electron chi connectivity index (χ3n) is 1.66. The first-order valence-electron chi connectivity index (χ1n) is 4.55. The van der Waals surface area contributed by atoms with E-state index in [2.05, 4.69) is 21.9 Å². The van der Waals surface area contributed by atoms with E-state index < -0.39 is 0 Å². The molecule has 1 aromatic heterocycles. The van der Waals surface area contributed by atoms with Crippen molar-refractivity contribution >= 4 is 5.82 Å². The molecule has 5 heteroatoms. The second-order valence-electron chi connectivity index (χ2n) is 2.81. The molecule has 0 fully saturated rings. The molecule has 1 heterocycles. The van der Waals surface area contributed by atoms with Gasteiger partial charge in [0.05, 0.1) is 7.11 Å². The van der Waals surface area contributed by atoms with Gasteiger partial charge >= 0.3 is 0 Å². The molecule has 0 radical (unpaired) electrons. The molecule has 0 aromatic carbocycles. The quantitative estimate of drug-likeness (QED) is 0.714. The zero-order chi connectivity index (χ0) is 11.1. The van der Waals surface area contributed by atoms with Crippen LogP contribution >= 0.6 is 0 Å². The monoisotopic (exact) mass is 209 g/mol. The zero-order valence-electron chi connectivity index (χ0n) is 8.99. The van der Waals surface area contributed by atoms with Gasteiger partial charge in [-0.15, -0.1) is 6.58 Å². The van der Waals surface area contributed by atoms with Gasteiger partial charge in [-0.25, -0.2) is 4.98 Å². The van der Waals surface area contributed by atoms with Crippen LogP contribution in [0.1, 0.15) is 5.82 Å². The molecule has 0 amide bonds. The van der Waals surface area contributed by atoms with Crippen LogP contribution in [0.2, 0.25) is 0 Å². The van der Waals surface area contributed by atoms with Crippen LogP contribution in [0.5, 0.6) is 5.88 Å². The molecule has 0 aliphatic heterocycles. The second-order valence-corrected chi connectivity index (χ2v) is 2.81. The average molecular weight is 209 g/mol. The summed E-state index contributed by atoms with van der Waals surface area (Å²) in [6.45, 7) is 4.62. The lowest BCUT2D eigenvalue weighted by Crippen LogP contribution is -2.06. The highest BCUT2D eigenvalue weighted by atomic mass is 16.5. The lowest BCUT2D eigenvalue weighted by atomic mass is 10.5. The number of aromatic nitrogens is 2. The highest BCUT2D eigenvalue weighted by Gasteiger charge is 2.03. The third-order valence-corrected chi connectivity index (χ3v) is 1.66. The molecule has 0 aliphatic rings. The van der Waals surface area contributed by atoms with Crippen molar-refractivity contribution in [2.45, 2.75) is 6.61 Å². The summed E-state index contributed by atoms with van der Waals surface area (Å²) >= 11 is 0. The molecule has 0 unspecified atom stereocenters. The van der Waals surface area contributed by atoms with Crippen LogP contribution in [0.3, 0.4) is 0 Å². The first-order valence-corrected chi connectivity index (χ1v) is 4.55. The van der Waals surface area contributed by atoms with Gasteiger partial charge in [-0.05, 0) is 0 Å². The van der Waals surface area contributed by atoms with Crippen molar-refractivity contribution in [3.8, 4) is 5.88 Å². The van der Waals surface area contributed by atoms with Crippen LogP contribution < -0.4 is 10.1 Å². The lowest BCUT2D eigenvalue weighted by Gasteiger charge is -2.07. The normalized spacial score (nSPS) is 9.73. The molecule has 0 spiro atoms. The number of rotatable bonds is 6. The Labute approximate surface area is 89.1 Å². The molecule has 5 nitrogen and oxygen atoms in total. The molecule has 1 N–H and O–H groups in total. The molecule has 0 aliphatic carbocycles. The zero-order valence-corrected chi connectivity index (χ0v) is 8.99. The van der Waals surface area contributed by atoms with Crippen LogP contribution in [-0.2, 0) is 11.3 Å². The molecule has 0 saturated carbocycles. The molecule has 1 rings (SSSR count). The number of hydrogen-bond donors (Lipinski definition) is 1. The van der Waals surface area contributed by atoms with Crippen LogP contribution in [-0.4, -0.2) is 30.7 Å². The fourth-order valence-electron chi connectivity index (χ4n) is 1.04. The Morgan fingerprint density at radius 2 is 2.27 bits per heavy atom. The molecule has 15 heavy (non-hydrogen) atoms. The fourth-order valence-corrected chi connectivity index (χ4v) is 1.04. The Morgan fingerprint density at radius 1 is 1.47 bits per heavy atom. The molecule has 82 valence electrons. The molecule has 0 saturated heterocycles. The SMILES string of the molecule is C=CCNc1cc(OC)nc(COC)n1. The van der Waals surface area contributed by atoms with Crippen LogP contribution in [0.4, 0.5) is 5.82 Å². The van der Waals surface area contributed by atoms with Crippen molar-refractivity contribution in [1.82, 2.24) is 9.97 Å². The van der Waals surface area contributed by atoms with E-state index in [1.165, 1.54) is 0 Å². The average Bonchev–Trinajstić information content (AvgIpc) is 2.26. The summed E-state index contributed by atoms with van der Waals surface area (Å²) in [6, 6.07) is 1.72. The standard InChI is InChI=1S/C10H15N3O2/c1-4-5-11-8-6-10(15-3)13-9(12-8)7-14-2/h4,6H,1,5,7H2,2-3H3,(H,11,12,13). The molecular formula is C10H15N3O2. The van der Waals surface area contributed by atoms with E-state index in [4.69, 9.17) is 9.47 Å². The van der Waals surface area contributed by atoms with E-state index >= 15 is 0 Å². The van der Waals surface area contributed by atoms with E-state index in [0.717, 1.165) is 0 Å². The molecular weight excluding hydrogens is 194 g/mol. The number of nitrogens with zero attached hydrogens (tertiary/aromatic N) is 2. The van der Waals surface area contributed by atoms with E-state index in [1.54, 1.807) is 26.4 Å². The number of nitrogens with one attached hydrogen (secondary N) is 1. The maximum absolute atomic E-state index is 5.05. The van der Waals surface area contributed by atoms with Crippen molar-refractivity contribution < 1.29 is 9.47 Å². The highest BCUT2D eigenvalue weighted by Crippen LogP contribution is 2.13. The lowest BCUT2D eigenvalue weighted by molar-refractivity contribution is 0.177. The predicted octanol–water partition coefficient (Wildman–Crippen LogP) is 1.23. The summed E-state index contributed by atoms with van der Waals surface area (Å²) in [5.41, 5.74) is 0. The van der Waals surface area contributed by atoms with E-state index in [0.29, 0.717) is 30.7 Å². The van der Waals surface area contributed by atoms with Gasteiger partial charge in [0.25, 0.3) is 0 Å². The van der Waals surface area contributed by atoms with E-state index in [9.17, 15) is 0 Å². The van der Waals surface area contributed by atoms with Crippen LogP contribution in [0.15, 0.2) is 18.7 Å². The Kier molecular flexibility index (Phi) is 4.56. The Balaban J connectivity index is 2.84. The van der Waals surface area contributed by atoms with Crippen molar-refractivity contribution in [2.24, 2.45) is 0 Å². The van der Waals surface area contributed by atoms with Crippen LogP contribution in [0, 0.1) is 0 Å². The molecule has 0 bridgehead atoms. The van der Waals surface area contributed by atoms with E-state index in [-0.39, 0.29) is 0 Å². The maximum atomic E-state index is 5.05. The Morgan fingerprint density at radius 3 is 2.87 bits per heavy atom. The number of ether oxygens (including phenoxy) is 2. The van der Waals surface area contributed by atoms with Crippen LogP contribution in [0.25, 0.3) is 0 Å². The minimum Gasteiger partial charge on any atom is -0.481 e. The van der Waals surface area contributed by atoms with Gasteiger partial charge in [0.1, 0.15) is 12.4 Å². The van der Waals surface area contributed by atoms with Gasteiger partial charge in [-0.2, -0.15) is 4.98 Å². The van der Waals surface area contributed by atoms with Crippen molar-refractivity contribution in [1.29, 1.82) is 0 Å². The minimum atomic E-state index is 0.361. The van der Waals surface area contributed by atoms with Gasteiger partial charge in [-0.1, -0.05) is 6.08 Å². The van der Waals surface area contributed by atoms with E-state index in [1.807, 2.05) is 0 Å². The van der Waals surface area contributed by atoms with Gasteiger partial charge in [0.15, 0.2) is 5.82 Å². The van der Waals surface area contributed by atoms with Gasteiger partial charge in [0.2, 0.25) is 5.88 Å². The number of hydrogen-bond acceptors (Lipinski definition) is 5. The Hall–Kier alpha value is -1.62. The number of methoxy groups -OCH3 is 2. The summed E-state index contributed by atoms with van der Waals surface area (Å²) in [7, 11) is 3.16. The topological polar surface area (TPSA) is 56.3 Å². The molecule has 1 aromatic rings. The minimum absolute atomic E-state index is 0.361. The first kappa shape index (κ1) is 11.5. The van der Waals surface area contributed by atoms with Crippen molar-refractivity contribution in [3.63, 3.8) is 0 Å². The fraction of sp³-hybridized carbons (Fsp3) is 0.400. The molecule has 0 atom stereocenters. The summed E-state index contributed by atoms with van der Waals surface area (Å²) in [6.07, 6.45) is 1.75. The second kappa shape index (κ2) is 5.98. The van der Waals surface area contributed by atoms with Gasteiger partial charge in [0, 0.05) is 19.7 Å². The predicted molar refractivity (Wildman–Crippen MR) is 58.0 cm³/mol. The maximum Gasteiger partial charge on any atom is 0.218 e. The largest absolute Gasteiger partial charge is 0.481 e. The first-order chi connectivity index (χ1) is 7.30. The smallest absolute Gasteiger partial charge is 0.218 e. The number of anilines is 1. The Bertz CT molecular complexity index is 328. The van der Waals surface area contributed by atoms with Crippen molar-refractivity contribution in [2.75, 3.05) is 26.1 Å².